The lowest BCUT2D eigenvalue weighted by Crippen LogP contribution is -2.19. The van der Waals surface area contributed by atoms with Crippen LogP contribution in [0.5, 0.6) is 0 Å². The van der Waals surface area contributed by atoms with Crippen LogP contribution in [0.15, 0.2) is 121 Å². The van der Waals surface area contributed by atoms with Crippen LogP contribution >= 0.6 is 7.80 Å². The van der Waals surface area contributed by atoms with Crippen molar-refractivity contribution in [3.05, 3.63) is 132 Å². The zero-order chi connectivity index (χ0) is 20.4. The molecule has 1 fully saturated rings. The lowest BCUT2D eigenvalue weighted by Gasteiger charge is -2.23. The maximum Gasteiger partial charge on any atom is 0.167 e. The van der Waals surface area contributed by atoms with E-state index in [2.05, 4.69) is 135 Å². The molecule has 0 heterocycles. The summed E-state index contributed by atoms with van der Waals surface area (Å²) in [5, 5.41) is 2.97. The fraction of sp³-hybridized carbons (Fsp3) is 0.143. The Hall–Kier alpha value is -2.63. The quantitative estimate of drug-likeness (QED) is 0.255. The van der Waals surface area contributed by atoms with Crippen molar-refractivity contribution in [2.75, 3.05) is 0 Å². The first kappa shape index (κ1) is 19.3. The summed E-state index contributed by atoms with van der Waals surface area (Å²) in [4.78, 5) is 0. The fourth-order valence-corrected chi connectivity index (χ4v) is 7.33. The molecule has 1 saturated carbocycles. The minimum absolute atomic E-state index is 0.125. The van der Waals surface area contributed by atoms with Gasteiger partial charge in [-0.15, -0.1) is 0 Å². The third-order valence-electron chi connectivity index (χ3n) is 6.36. The van der Waals surface area contributed by atoms with Crippen molar-refractivity contribution in [2.24, 2.45) is 0 Å². The van der Waals surface area contributed by atoms with E-state index in [1.807, 2.05) is 0 Å². The zero-order valence-electron chi connectivity index (χ0n) is 17.2. The van der Waals surface area contributed by atoms with Crippen molar-refractivity contribution in [1.82, 2.24) is 0 Å². The highest BCUT2D eigenvalue weighted by Crippen LogP contribution is 2.77. The molecule has 5 rings (SSSR count). The average molecular weight is 403 g/mol. The molecule has 2 heteroatoms. The first-order valence-corrected chi connectivity index (χ1v) is 12.0. The molecule has 1 radical (unpaired) electrons. The van der Waals surface area contributed by atoms with Crippen molar-refractivity contribution in [1.29, 1.82) is 0 Å². The molecule has 0 spiro atoms. The largest absolute Gasteiger partial charge is 0.167 e. The molecular weight excluding hydrogens is 378 g/mol. The van der Waals surface area contributed by atoms with E-state index in [0.717, 1.165) is 0 Å². The number of hydrogen-bond acceptors (Lipinski definition) is 0. The van der Waals surface area contributed by atoms with Crippen LogP contribution in [-0.2, 0) is 0 Å². The maximum atomic E-state index is 2.68. The van der Waals surface area contributed by atoms with Crippen molar-refractivity contribution < 1.29 is 0 Å². The van der Waals surface area contributed by atoms with Gasteiger partial charge in [0.1, 0.15) is 0 Å². The van der Waals surface area contributed by atoms with Crippen LogP contribution in [-0.4, -0.2) is 7.00 Å². The van der Waals surface area contributed by atoms with Gasteiger partial charge in [-0.25, -0.2) is 0 Å². The SMILES string of the molecule is CC1([B]P(c2ccccc2)c2ccccc2)C(c2ccccc2)C1c1ccccc1. The number of rotatable bonds is 6. The number of benzene rings is 4. The summed E-state index contributed by atoms with van der Waals surface area (Å²) in [5.41, 5.74) is 2.89. The Morgan fingerprint density at radius 2 is 0.867 bits per heavy atom. The van der Waals surface area contributed by atoms with Gasteiger partial charge < -0.3 is 0 Å². The Balaban J connectivity index is 1.55. The van der Waals surface area contributed by atoms with E-state index >= 15 is 0 Å². The molecule has 0 bridgehead atoms. The highest BCUT2D eigenvalue weighted by atomic mass is 31.1. The van der Waals surface area contributed by atoms with Gasteiger partial charge in [0.2, 0.25) is 0 Å². The summed E-state index contributed by atoms with van der Waals surface area (Å²) in [7, 11) is -0.535. The van der Waals surface area contributed by atoms with E-state index in [-0.39, 0.29) is 5.31 Å². The summed E-state index contributed by atoms with van der Waals surface area (Å²) in [6.45, 7) is 5.14. The van der Waals surface area contributed by atoms with Crippen LogP contribution in [0.1, 0.15) is 29.9 Å². The first-order valence-electron chi connectivity index (χ1n) is 10.6. The molecule has 2 atom stereocenters. The molecule has 4 aromatic carbocycles. The summed E-state index contributed by atoms with van der Waals surface area (Å²) in [6.07, 6.45) is 0. The van der Waals surface area contributed by atoms with E-state index < -0.39 is 7.80 Å². The van der Waals surface area contributed by atoms with Gasteiger partial charge in [-0.2, -0.15) is 0 Å². The molecule has 1 aliphatic rings. The molecule has 0 N–H and O–H groups in total. The standard InChI is InChI=1S/C28H25BP/c1-28(29-30(24-18-10-4-11-19-24)25-20-12-5-13-21-25)26(22-14-6-2-7-15-22)27(28)23-16-8-3-9-17-23/h2-21,26-27H,1H3. The number of hydrogen-bond donors (Lipinski definition) is 0. The Morgan fingerprint density at radius 1 is 0.533 bits per heavy atom. The highest BCUT2D eigenvalue weighted by Gasteiger charge is 2.62. The monoisotopic (exact) mass is 403 g/mol. The second-order valence-electron chi connectivity index (χ2n) is 8.31. The maximum absolute atomic E-state index is 2.68. The Bertz CT molecular complexity index is 996. The molecular formula is C28H25BP. The van der Waals surface area contributed by atoms with Gasteiger partial charge in [-0.05, 0) is 38.9 Å². The van der Waals surface area contributed by atoms with Crippen LogP contribution in [0.4, 0.5) is 0 Å². The van der Waals surface area contributed by atoms with Crippen LogP contribution in [0.25, 0.3) is 0 Å². The Labute approximate surface area is 182 Å². The molecule has 145 valence electrons. The minimum atomic E-state index is -0.535. The summed E-state index contributed by atoms with van der Waals surface area (Å²) >= 11 is 0. The van der Waals surface area contributed by atoms with Crippen molar-refractivity contribution in [2.45, 2.75) is 24.1 Å². The topological polar surface area (TPSA) is 0 Å². The Morgan fingerprint density at radius 3 is 1.23 bits per heavy atom. The molecule has 0 amide bonds. The first-order chi connectivity index (χ1) is 14.8. The lowest BCUT2D eigenvalue weighted by atomic mass is 9.78. The summed E-state index contributed by atoms with van der Waals surface area (Å²) < 4.78 is 0. The van der Waals surface area contributed by atoms with Crippen molar-refractivity contribution in [3.8, 4) is 0 Å². The third kappa shape index (κ3) is 3.64. The van der Waals surface area contributed by atoms with Gasteiger partial charge >= 0.3 is 0 Å². The highest BCUT2D eigenvalue weighted by molar-refractivity contribution is 7.97. The fourth-order valence-electron chi connectivity index (χ4n) is 4.87. The van der Waals surface area contributed by atoms with E-state index in [4.69, 9.17) is 0 Å². The molecule has 0 saturated heterocycles. The summed E-state index contributed by atoms with van der Waals surface area (Å²) in [6, 6.07) is 44.2. The van der Waals surface area contributed by atoms with E-state index in [0.29, 0.717) is 11.8 Å². The molecule has 4 aromatic rings. The van der Waals surface area contributed by atoms with Crippen molar-refractivity contribution >= 4 is 25.4 Å². The molecule has 0 aliphatic heterocycles. The lowest BCUT2D eigenvalue weighted by molar-refractivity contribution is 0.918. The third-order valence-corrected chi connectivity index (χ3v) is 8.88. The molecule has 0 nitrogen and oxygen atoms in total. The second kappa shape index (κ2) is 8.25. The second-order valence-corrected chi connectivity index (χ2v) is 10.3. The zero-order valence-corrected chi connectivity index (χ0v) is 18.1. The molecule has 30 heavy (non-hydrogen) atoms. The van der Waals surface area contributed by atoms with E-state index in [1.54, 1.807) is 0 Å². The van der Waals surface area contributed by atoms with Gasteiger partial charge in [-0.1, -0.05) is 136 Å². The van der Waals surface area contributed by atoms with Crippen LogP contribution in [0, 0.1) is 0 Å². The average Bonchev–Trinajstić information content (AvgIpc) is 3.45. The predicted octanol–water partition coefficient (Wildman–Crippen LogP) is 6.50. The minimum Gasteiger partial charge on any atom is -0.0864 e. The van der Waals surface area contributed by atoms with Crippen LogP contribution < -0.4 is 10.6 Å². The van der Waals surface area contributed by atoms with Gasteiger partial charge in [0.25, 0.3) is 0 Å². The van der Waals surface area contributed by atoms with E-state index in [9.17, 15) is 0 Å². The van der Waals surface area contributed by atoms with Gasteiger partial charge in [0.15, 0.2) is 7.00 Å². The van der Waals surface area contributed by atoms with Gasteiger partial charge in [-0.3, -0.25) is 0 Å². The molecule has 2 unspecified atom stereocenters. The van der Waals surface area contributed by atoms with Gasteiger partial charge in [0, 0.05) is 0 Å². The smallest absolute Gasteiger partial charge is 0.0864 e. The molecule has 0 aromatic heterocycles. The normalized spacial score (nSPS) is 22.6. The van der Waals surface area contributed by atoms with Crippen molar-refractivity contribution in [3.63, 3.8) is 0 Å². The Kier molecular flexibility index (Phi) is 5.32. The summed E-state index contributed by atoms with van der Waals surface area (Å²) in [5.74, 6) is 1.03. The van der Waals surface area contributed by atoms with Gasteiger partial charge in [0.05, 0.1) is 0 Å². The van der Waals surface area contributed by atoms with Crippen LogP contribution in [0.3, 0.4) is 0 Å². The molecule has 1 aliphatic carbocycles. The van der Waals surface area contributed by atoms with Crippen LogP contribution in [0.2, 0.25) is 5.31 Å². The predicted molar refractivity (Wildman–Crippen MR) is 132 cm³/mol. The van der Waals surface area contributed by atoms with E-state index in [1.165, 1.54) is 21.7 Å².